The molecule has 1 fully saturated rings. The van der Waals surface area contributed by atoms with E-state index < -0.39 is 41.5 Å². The Morgan fingerprint density at radius 2 is 1.73 bits per heavy atom. The Hall–Kier alpha value is -4.32. The number of nitrogens with two attached hydrogens (primary N) is 1. The van der Waals surface area contributed by atoms with Gasteiger partial charge in [-0.05, 0) is 56.7 Å². The van der Waals surface area contributed by atoms with Gasteiger partial charge in [0.1, 0.15) is 17.7 Å². The van der Waals surface area contributed by atoms with E-state index in [2.05, 4.69) is 16.6 Å². The first-order chi connectivity index (χ1) is 18.9. The third kappa shape index (κ3) is 8.34. The van der Waals surface area contributed by atoms with E-state index in [1.165, 1.54) is 4.90 Å². The molecule has 2 aromatic rings. The van der Waals surface area contributed by atoms with Gasteiger partial charge in [0.25, 0.3) is 0 Å². The Labute approximate surface area is 235 Å². The zero-order chi connectivity index (χ0) is 29.4. The first-order valence-corrected chi connectivity index (χ1v) is 13.4. The largest absolute Gasteiger partial charge is 0.444 e. The summed E-state index contributed by atoms with van der Waals surface area (Å²) in [5.74, 6) is 1.19. The van der Waals surface area contributed by atoms with E-state index in [1.807, 2.05) is 37.3 Å². The number of primary amides is 1. The number of nitrogens with zero attached hydrogens (tertiary/aromatic N) is 1. The molecule has 0 radical (unpaired) electrons. The second-order valence-electron chi connectivity index (χ2n) is 11.1. The van der Waals surface area contributed by atoms with Crippen LogP contribution in [0.25, 0.3) is 0 Å². The Bertz CT molecular complexity index is 1260. The van der Waals surface area contributed by atoms with Crippen molar-refractivity contribution in [1.82, 2.24) is 15.5 Å². The molecule has 0 spiro atoms. The maximum atomic E-state index is 14.2. The summed E-state index contributed by atoms with van der Waals surface area (Å²) in [7, 11) is 0. The third-order valence-corrected chi connectivity index (χ3v) is 6.59. The standard InChI is InChI=1S/C31H38N4O5/c1-6-22-14-10-11-15-23(22)27(28(37)33-19-21-12-8-7-9-13-21)35(25-18-20(25)2)29(38)24(16-17-26(32)36)34-30(39)40-31(3,4)5/h1,7-15,20,24-25,27H,16-19H2,2-5H3,(H2,32,36)(H,33,37)(H,34,39). The van der Waals surface area contributed by atoms with Crippen LogP contribution in [0.5, 0.6) is 0 Å². The topological polar surface area (TPSA) is 131 Å². The van der Waals surface area contributed by atoms with Crippen LogP contribution in [0, 0.1) is 18.3 Å². The van der Waals surface area contributed by atoms with Crippen molar-refractivity contribution in [3.8, 4) is 12.3 Å². The monoisotopic (exact) mass is 546 g/mol. The summed E-state index contributed by atoms with van der Waals surface area (Å²) in [6.45, 7) is 7.34. The van der Waals surface area contributed by atoms with Crippen molar-refractivity contribution in [3.63, 3.8) is 0 Å². The maximum Gasteiger partial charge on any atom is 0.408 e. The quantitative estimate of drug-likeness (QED) is 0.372. The SMILES string of the molecule is C#Cc1ccccc1C(C(=O)NCc1ccccc1)N(C(=O)C(CCC(N)=O)NC(=O)OC(C)(C)C)C1CC1C. The number of carbonyl (C=O) groups is 4. The van der Waals surface area contributed by atoms with Gasteiger partial charge in [-0.2, -0.15) is 0 Å². The molecule has 0 bridgehead atoms. The van der Waals surface area contributed by atoms with Gasteiger partial charge in [0.2, 0.25) is 17.7 Å². The molecule has 0 aliphatic heterocycles. The highest BCUT2D eigenvalue weighted by Gasteiger charge is 2.48. The predicted molar refractivity (Wildman–Crippen MR) is 151 cm³/mol. The lowest BCUT2D eigenvalue weighted by Crippen LogP contribution is -2.54. The van der Waals surface area contributed by atoms with Gasteiger partial charge < -0.3 is 26.0 Å². The Balaban J connectivity index is 2.02. The summed E-state index contributed by atoms with van der Waals surface area (Å²) in [5, 5.41) is 5.56. The van der Waals surface area contributed by atoms with Gasteiger partial charge in [-0.15, -0.1) is 6.42 Å². The van der Waals surface area contributed by atoms with Crippen LogP contribution < -0.4 is 16.4 Å². The number of amides is 4. The lowest BCUT2D eigenvalue weighted by molar-refractivity contribution is -0.143. The number of hydrogen-bond acceptors (Lipinski definition) is 5. The fraction of sp³-hybridized carbons (Fsp3) is 0.419. The zero-order valence-corrected chi connectivity index (χ0v) is 23.5. The molecule has 2 aromatic carbocycles. The molecule has 1 aliphatic carbocycles. The second kappa shape index (κ2) is 13.2. The first kappa shape index (κ1) is 30.2. The molecule has 4 N–H and O–H groups in total. The highest BCUT2D eigenvalue weighted by molar-refractivity contribution is 5.93. The lowest BCUT2D eigenvalue weighted by atomic mass is 9.96. The summed E-state index contributed by atoms with van der Waals surface area (Å²) in [6, 6.07) is 13.9. The fourth-order valence-electron chi connectivity index (χ4n) is 4.51. The number of terminal acetylenes is 1. The normalized spacial score (nSPS) is 17.5. The summed E-state index contributed by atoms with van der Waals surface area (Å²) in [4.78, 5) is 54.0. The van der Waals surface area contributed by atoms with Crippen molar-refractivity contribution in [1.29, 1.82) is 0 Å². The number of ether oxygens (including phenoxy) is 1. The van der Waals surface area contributed by atoms with E-state index >= 15 is 0 Å². The molecule has 9 heteroatoms. The minimum absolute atomic E-state index is 0.0554. The van der Waals surface area contributed by atoms with Crippen LogP contribution in [0.2, 0.25) is 0 Å². The van der Waals surface area contributed by atoms with Gasteiger partial charge in [-0.1, -0.05) is 61.4 Å². The van der Waals surface area contributed by atoms with Gasteiger partial charge in [0.15, 0.2) is 0 Å². The van der Waals surface area contributed by atoms with E-state index in [0.717, 1.165) is 5.56 Å². The smallest absolute Gasteiger partial charge is 0.408 e. The molecule has 0 saturated heterocycles. The minimum Gasteiger partial charge on any atom is -0.444 e. The summed E-state index contributed by atoms with van der Waals surface area (Å²) >= 11 is 0. The molecule has 4 unspecified atom stereocenters. The van der Waals surface area contributed by atoms with Crippen LogP contribution in [0.1, 0.15) is 69.7 Å². The summed E-state index contributed by atoms with van der Waals surface area (Å²) in [6.07, 6.45) is 5.46. The third-order valence-electron chi connectivity index (χ3n) is 6.59. The molecular formula is C31H38N4O5. The average Bonchev–Trinajstić information content (AvgIpc) is 3.62. The summed E-state index contributed by atoms with van der Waals surface area (Å²) in [5.41, 5.74) is 6.43. The minimum atomic E-state index is -1.16. The van der Waals surface area contributed by atoms with Crippen LogP contribution in [0.3, 0.4) is 0 Å². The second-order valence-corrected chi connectivity index (χ2v) is 11.1. The molecule has 0 aromatic heterocycles. The van der Waals surface area contributed by atoms with Crippen LogP contribution in [0.15, 0.2) is 54.6 Å². The van der Waals surface area contributed by atoms with Crippen molar-refractivity contribution >= 4 is 23.8 Å². The number of alkyl carbamates (subject to hydrolysis) is 1. The molecule has 3 rings (SSSR count). The highest BCUT2D eigenvalue weighted by Crippen LogP contribution is 2.41. The average molecular weight is 547 g/mol. The van der Waals surface area contributed by atoms with E-state index in [0.29, 0.717) is 17.5 Å². The Kier molecular flexibility index (Phi) is 9.94. The van der Waals surface area contributed by atoms with Crippen LogP contribution >= 0.6 is 0 Å². The predicted octanol–water partition coefficient (Wildman–Crippen LogP) is 3.42. The van der Waals surface area contributed by atoms with Gasteiger partial charge in [0.05, 0.1) is 0 Å². The molecule has 40 heavy (non-hydrogen) atoms. The number of nitrogens with one attached hydrogen (secondary N) is 2. The molecule has 4 atom stereocenters. The molecule has 0 heterocycles. The number of benzene rings is 2. The Morgan fingerprint density at radius 1 is 1.10 bits per heavy atom. The van der Waals surface area contributed by atoms with Crippen molar-refractivity contribution in [2.45, 2.75) is 77.2 Å². The van der Waals surface area contributed by atoms with E-state index in [4.69, 9.17) is 16.9 Å². The van der Waals surface area contributed by atoms with Gasteiger partial charge in [-0.3, -0.25) is 14.4 Å². The zero-order valence-electron chi connectivity index (χ0n) is 23.5. The molecular weight excluding hydrogens is 508 g/mol. The lowest BCUT2D eigenvalue weighted by Gasteiger charge is -2.35. The van der Waals surface area contributed by atoms with Crippen LogP contribution in [-0.4, -0.2) is 46.4 Å². The van der Waals surface area contributed by atoms with Crippen molar-refractivity contribution in [3.05, 3.63) is 71.3 Å². The summed E-state index contributed by atoms with van der Waals surface area (Å²) < 4.78 is 5.38. The van der Waals surface area contributed by atoms with E-state index in [-0.39, 0.29) is 31.3 Å². The van der Waals surface area contributed by atoms with Gasteiger partial charge in [0, 0.05) is 24.6 Å². The maximum absolute atomic E-state index is 14.2. The highest BCUT2D eigenvalue weighted by atomic mass is 16.6. The van der Waals surface area contributed by atoms with Gasteiger partial charge in [-0.25, -0.2) is 4.79 Å². The molecule has 212 valence electrons. The van der Waals surface area contributed by atoms with Crippen LogP contribution in [0.4, 0.5) is 4.79 Å². The van der Waals surface area contributed by atoms with Crippen molar-refractivity contribution in [2.24, 2.45) is 11.7 Å². The molecule has 1 saturated carbocycles. The van der Waals surface area contributed by atoms with Crippen LogP contribution in [-0.2, 0) is 25.7 Å². The van der Waals surface area contributed by atoms with E-state index in [9.17, 15) is 19.2 Å². The Morgan fingerprint density at radius 3 is 2.30 bits per heavy atom. The molecule has 1 aliphatic rings. The molecule has 9 nitrogen and oxygen atoms in total. The van der Waals surface area contributed by atoms with E-state index in [1.54, 1.807) is 45.0 Å². The number of carbonyl (C=O) groups excluding carboxylic acids is 4. The fourth-order valence-corrected chi connectivity index (χ4v) is 4.51. The van der Waals surface area contributed by atoms with Crippen molar-refractivity contribution < 1.29 is 23.9 Å². The first-order valence-electron chi connectivity index (χ1n) is 13.4. The van der Waals surface area contributed by atoms with Crippen molar-refractivity contribution in [2.75, 3.05) is 0 Å². The number of rotatable bonds is 11. The number of hydrogen-bond donors (Lipinski definition) is 3. The molecule has 4 amide bonds. The van der Waals surface area contributed by atoms with Gasteiger partial charge >= 0.3 is 6.09 Å².